The van der Waals surface area contributed by atoms with E-state index < -0.39 is 5.60 Å². The van der Waals surface area contributed by atoms with Gasteiger partial charge in [-0.3, -0.25) is 0 Å². The SMILES string of the molecule is C#CC[C@@](C)(O)/C=C\C1=C(C)CCCC1(C)C. The van der Waals surface area contributed by atoms with Crippen LogP contribution < -0.4 is 0 Å². The molecule has 0 unspecified atom stereocenters. The third-order valence-electron chi connectivity index (χ3n) is 3.61. The van der Waals surface area contributed by atoms with Gasteiger partial charge in [-0.15, -0.1) is 12.3 Å². The largest absolute Gasteiger partial charge is 0.385 e. The number of hydrogen-bond acceptors (Lipinski definition) is 1. The van der Waals surface area contributed by atoms with Gasteiger partial charge >= 0.3 is 0 Å². The fourth-order valence-electron chi connectivity index (χ4n) is 2.54. The van der Waals surface area contributed by atoms with Crippen LogP contribution in [0.15, 0.2) is 23.3 Å². The lowest BCUT2D eigenvalue weighted by Crippen LogP contribution is -2.22. The Labute approximate surface area is 106 Å². The van der Waals surface area contributed by atoms with Crippen molar-refractivity contribution in [1.82, 2.24) is 0 Å². The lowest BCUT2D eigenvalue weighted by Gasteiger charge is -2.33. The van der Waals surface area contributed by atoms with Gasteiger partial charge in [0.25, 0.3) is 0 Å². The number of rotatable bonds is 3. The molecule has 1 rings (SSSR count). The van der Waals surface area contributed by atoms with Crippen molar-refractivity contribution in [2.24, 2.45) is 5.41 Å². The van der Waals surface area contributed by atoms with Crippen LogP contribution in [0.4, 0.5) is 0 Å². The highest BCUT2D eigenvalue weighted by Gasteiger charge is 2.27. The zero-order valence-corrected chi connectivity index (χ0v) is 11.5. The minimum absolute atomic E-state index is 0.213. The van der Waals surface area contributed by atoms with Crippen molar-refractivity contribution < 1.29 is 5.11 Å². The monoisotopic (exact) mass is 232 g/mol. The summed E-state index contributed by atoms with van der Waals surface area (Å²) >= 11 is 0. The van der Waals surface area contributed by atoms with Crippen LogP contribution in [-0.2, 0) is 0 Å². The Morgan fingerprint density at radius 1 is 1.53 bits per heavy atom. The molecule has 1 N–H and O–H groups in total. The summed E-state index contributed by atoms with van der Waals surface area (Å²) in [6.45, 7) is 8.49. The molecule has 0 aromatic rings. The Balaban J connectivity index is 2.93. The van der Waals surface area contributed by atoms with Crippen LogP contribution in [0.5, 0.6) is 0 Å². The Morgan fingerprint density at radius 2 is 2.18 bits per heavy atom. The van der Waals surface area contributed by atoms with Gasteiger partial charge in [0.2, 0.25) is 0 Å². The van der Waals surface area contributed by atoms with Gasteiger partial charge in [0, 0.05) is 6.42 Å². The maximum absolute atomic E-state index is 10.0. The highest BCUT2D eigenvalue weighted by atomic mass is 16.3. The van der Waals surface area contributed by atoms with Gasteiger partial charge in [0.15, 0.2) is 0 Å². The van der Waals surface area contributed by atoms with E-state index in [1.54, 1.807) is 6.92 Å². The summed E-state index contributed by atoms with van der Waals surface area (Å²) < 4.78 is 0. The lowest BCUT2D eigenvalue weighted by molar-refractivity contribution is 0.117. The minimum Gasteiger partial charge on any atom is -0.385 e. The van der Waals surface area contributed by atoms with E-state index in [2.05, 4.69) is 32.8 Å². The molecule has 0 saturated heterocycles. The zero-order valence-electron chi connectivity index (χ0n) is 11.5. The van der Waals surface area contributed by atoms with E-state index >= 15 is 0 Å². The van der Waals surface area contributed by atoms with Crippen molar-refractivity contribution in [1.29, 1.82) is 0 Å². The second kappa shape index (κ2) is 5.10. The summed E-state index contributed by atoms with van der Waals surface area (Å²) in [5.41, 5.74) is 2.12. The van der Waals surface area contributed by atoms with E-state index in [1.165, 1.54) is 30.4 Å². The lowest BCUT2D eigenvalue weighted by atomic mass is 9.72. The van der Waals surface area contributed by atoms with Gasteiger partial charge in [-0.25, -0.2) is 0 Å². The van der Waals surface area contributed by atoms with Crippen LogP contribution in [-0.4, -0.2) is 10.7 Å². The van der Waals surface area contributed by atoms with Crippen LogP contribution in [0.1, 0.15) is 53.4 Å². The van der Waals surface area contributed by atoms with Gasteiger partial charge in [0.1, 0.15) is 0 Å². The molecule has 0 saturated carbocycles. The first-order chi connectivity index (χ1) is 7.78. The highest BCUT2D eigenvalue weighted by molar-refractivity contribution is 5.33. The second-order valence-corrected chi connectivity index (χ2v) is 6.00. The van der Waals surface area contributed by atoms with Gasteiger partial charge in [-0.05, 0) is 44.1 Å². The predicted octanol–water partition coefficient (Wildman–Crippen LogP) is 3.84. The molecule has 0 aliphatic heterocycles. The molecule has 1 aliphatic rings. The quantitative estimate of drug-likeness (QED) is 0.733. The summed E-state index contributed by atoms with van der Waals surface area (Å²) in [7, 11) is 0. The maximum Gasteiger partial charge on any atom is 0.0911 e. The maximum atomic E-state index is 10.0. The molecule has 1 heteroatoms. The van der Waals surface area contributed by atoms with E-state index in [9.17, 15) is 5.11 Å². The van der Waals surface area contributed by atoms with E-state index in [4.69, 9.17) is 6.42 Å². The molecule has 0 fully saturated rings. The van der Waals surface area contributed by atoms with Gasteiger partial charge in [0.05, 0.1) is 5.60 Å². The Kier molecular flexibility index (Phi) is 4.22. The first-order valence-electron chi connectivity index (χ1n) is 6.34. The third kappa shape index (κ3) is 3.75. The van der Waals surface area contributed by atoms with Crippen LogP contribution in [0.3, 0.4) is 0 Å². The molecule has 1 nitrogen and oxygen atoms in total. The minimum atomic E-state index is -0.893. The number of hydrogen-bond donors (Lipinski definition) is 1. The van der Waals surface area contributed by atoms with Crippen LogP contribution in [0, 0.1) is 17.8 Å². The molecule has 0 heterocycles. The van der Waals surface area contributed by atoms with Crippen molar-refractivity contribution in [2.45, 2.75) is 59.0 Å². The van der Waals surface area contributed by atoms with E-state index in [1.807, 2.05) is 6.08 Å². The fraction of sp³-hybridized carbons (Fsp3) is 0.625. The first-order valence-corrected chi connectivity index (χ1v) is 6.34. The predicted molar refractivity (Wildman–Crippen MR) is 73.5 cm³/mol. The number of aliphatic hydroxyl groups is 1. The Bertz CT molecular complexity index is 375. The molecule has 1 aliphatic carbocycles. The summed E-state index contributed by atoms with van der Waals surface area (Å²) in [6, 6.07) is 0. The van der Waals surface area contributed by atoms with Gasteiger partial charge < -0.3 is 5.11 Å². The van der Waals surface area contributed by atoms with Crippen molar-refractivity contribution in [3.8, 4) is 12.3 Å². The summed E-state index contributed by atoms with van der Waals surface area (Å²) in [6.07, 6.45) is 13.2. The molecule has 17 heavy (non-hydrogen) atoms. The highest BCUT2D eigenvalue weighted by Crippen LogP contribution is 2.40. The number of terminal acetylenes is 1. The molecular formula is C16H24O. The van der Waals surface area contributed by atoms with Gasteiger partial charge in [-0.1, -0.05) is 31.6 Å². The molecular weight excluding hydrogens is 208 g/mol. The summed E-state index contributed by atoms with van der Waals surface area (Å²) in [4.78, 5) is 0. The van der Waals surface area contributed by atoms with Crippen LogP contribution in [0.25, 0.3) is 0 Å². The normalized spacial score (nSPS) is 23.5. The second-order valence-electron chi connectivity index (χ2n) is 6.00. The van der Waals surface area contributed by atoms with E-state index in [0.29, 0.717) is 6.42 Å². The molecule has 94 valence electrons. The van der Waals surface area contributed by atoms with Crippen LogP contribution in [0.2, 0.25) is 0 Å². The van der Waals surface area contributed by atoms with Crippen molar-refractivity contribution in [3.63, 3.8) is 0 Å². The molecule has 0 bridgehead atoms. The summed E-state index contributed by atoms with van der Waals surface area (Å²) in [5, 5.41) is 10.0. The molecule has 1 atom stereocenters. The van der Waals surface area contributed by atoms with Crippen molar-refractivity contribution >= 4 is 0 Å². The smallest absolute Gasteiger partial charge is 0.0911 e. The van der Waals surface area contributed by atoms with Crippen LogP contribution >= 0.6 is 0 Å². The number of allylic oxidation sites excluding steroid dienone is 3. The fourth-order valence-corrected chi connectivity index (χ4v) is 2.54. The average Bonchev–Trinajstić information content (AvgIpc) is 2.15. The topological polar surface area (TPSA) is 20.2 Å². The summed E-state index contributed by atoms with van der Waals surface area (Å²) in [5.74, 6) is 2.51. The molecule has 0 spiro atoms. The first kappa shape index (κ1) is 14.1. The van der Waals surface area contributed by atoms with E-state index in [0.717, 1.165) is 0 Å². The standard InChI is InChI=1S/C16H24O/c1-6-10-16(5,17)12-9-14-13(2)8-7-11-15(14,3)4/h1,9,12,17H,7-8,10-11H2,2-5H3/b12-9-/t16-/m1/s1. The molecule has 0 aromatic carbocycles. The van der Waals surface area contributed by atoms with E-state index in [-0.39, 0.29) is 5.41 Å². The van der Waals surface area contributed by atoms with Gasteiger partial charge in [-0.2, -0.15) is 0 Å². The average molecular weight is 232 g/mol. The third-order valence-corrected chi connectivity index (χ3v) is 3.61. The van der Waals surface area contributed by atoms with Crippen molar-refractivity contribution in [2.75, 3.05) is 0 Å². The van der Waals surface area contributed by atoms with Crippen molar-refractivity contribution in [3.05, 3.63) is 23.3 Å². The molecule has 0 aromatic heterocycles. The molecule has 0 radical (unpaired) electrons. The Hall–Kier alpha value is -1.00. The zero-order chi connectivity index (χ0) is 13.1. The Morgan fingerprint density at radius 3 is 2.71 bits per heavy atom. The molecule has 0 amide bonds.